The Balaban J connectivity index is 2.40. The van der Waals surface area contributed by atoms with Crippen LogP contribution in [0.15, 0.2) is 12.7 Å². The van der Waals surface area contributed by atoms with Crippen LogP contribution in [0.5, 0.6) is 0 Å². The van der Waals surface area contributed by atoms with Gasteiger partial charge in [-0.1, -0.05) is 6.08 Å². The highest BCUT2D eigenvalue weighted by Gasteiger charge is 2.07. The van der Waals surface area contributed by atoms with E-state index in [2.05, 4.69) is 30.8 Å². The van der Waals surface area contributed by atoms with Crippen LogP contribution in [0.1, 0.15) is 29.8 Å². The molecule has 1 heterocycles. The van der Waals surface area contributed by atoms with Crippen molar-refractivity contribution in [3.05, 3.63) is 29.6 Å². The van der Waals surface area contributed by atoms with E-state index in [0.717, 1.165) is 31.6 Å². The van der Waals surface area contributed by atoms with Gasteiger partial charge in [-0.05, 0) is 33.2 Å². The Bertz CT molecular complexity index is 326. The van der Waals surface area contributed by atoms with Crippen LogP contribution >= 0.6 is 0 Å². The molecule has 0 aromatic carbocycles. The lowest BCUT2D eigenvalue weighted by molar-refractivity contribution is 0.650. The summed E-state index contributed by atoms with van der Waals surface area (Å²) in [7, 11) is 1.99. The van der Waals surface area contributed by atoms with Gasteiger partial charge in [0.2, 0.25) is 0 Å². The molecule has 0 aliphatic carbocycles. The van der Waals surface area contributed by atoms with Crippen LogP contribution in [0, 0.1) is 13.8 Å². The van der Waals surface area contributed by atoms with Crippen LogP contribution in [0.4, 0.5) is 0 Å². The van der Waals surface area contributed by atoms with Crippen LogP contribution in [0.3, 0.4) is 0 Å². The van der Waals surface area contributed by atoms with E-state index in [0.29, 0.717) is 0 Å². The summed E-state index contributed by atoms with van der Waals surface area (Å²) < 4.78 is 1.94. The maximum atomic E-state index is 4.39. The van der Waals surface area contributed by atoms with Crippen molar-refractivity contribution in [3.8, 4) is 0 Å². The number of aromatic nitrogens is 2. The average molecular weight is 207 g/mol. The summed E-state index contributed by atoms with van der Waals surface area (Å²) in [5, 5.41) is 7.82. The highest BCUT2D eigenvalue weighted by atomic mass is 15.3. The lowest BCUT2D eigenvalue weighted by Gasteiger charge is -2.04. The van der Waals surface area contributed by atoms with E-state index in [-0.39, 0.29) is 0 Å². The molecule has 0 saturated heterocycles. The Labute approximate surface area is 92.2 Å². The summed E-state index contributed by atoms with van der Waals surface area (Å²) in [5.74, 6) is 0. The lowest BCUT2D eigenvalue weighted by Crippen LogP contribution is -2.15. The largest absolute Gasteiger partial charge is 0.313 e. The molecule has 84 valence electrons. The van der Waals surface area contributed by atoms with E-state index in [1.54, 1.807) is 0 Å². The molecule has 0 bridgehead atoms. The number of nitrogens with one attached hydrogen (secondary N) is 1. The molecular weight excluding hydrogens is 186 g/mol. The zero-order chi connectivity index (χ0) is 11.3. The molecule has 0 spiro atoms. The molecule has 1 aromatic heterocycles. The summed E-state index contributed by atoms with van der Waals surface area (Å²) >= 11 is 0. The second-order valence-corrected chi connectivity index (χ2v) is 3.88. The number of allylic oxidation sites excluding steroid dienone is 1. The molecule has 0 atom stereocenters. The van der Waals surface area contributed by atoms with Gasteiger partial charge in [-0.15, -0.1) is 6.58 Å². The summed E-state index contributed by atoms with van der Waals surface area (Å²) in [6, 6.07) is 0. The first-order valence-electron chi connectivity index (χ1n) is 5.47. The van der Waals surface area contributed by atoms with Gasteiger partial charge < -0.3 is 5.32 Å². The third-order valence-corrected chi connectivity index (χ3v) is 2.72. The monoisotopic (exact) mass is 207 g/mol. The van der Waals surface area contributed by atoms with Gasteiger partial charge in [-0.25, -0.2) is 0 Å². The maximum absolute atomic E-state index is 4.39. The first-order chi connectivity index (χ1) is 7.16. The second-order valence-electron chi connectivity index (χ2n) is 3.88. The van der Waals surface area contributed by atoms with Gasteiger partial charge in [-0.3, -0.25) is 4.68 Å². The molecule has 0 aliphatic rings. The van der Waals surface area contributed by atoms with Crippen molar-refractivity contribution in [2.24, 2.45) is 7.05 Å². The SMILES string of the molecule is C=CCCCNCc1c(C)nn(C)c1C. The molecular formula is C12H21N3. The lowest BCUT2D eigenvalue weighted by atomic mass is 10.2. The molecule has 1 N–H and O–H groups in total. The predicted octanol–water partition coefficient (Wildman–Crippen LogP) is 2.09. The van der Waals surface area contributed by atoms with Gasteiger partial charge in [0.25, 0.3) is 0 Å². The van der Waals surface area contributed by atoms with Gasteiger partial charge in [0.15, 0.2) is 0 Å². The molecule has 0 unspecified atom stereocenters. The molecule has 15 heavy (non-hydrogen) atoms. The van der Waals surface area contributed by atoms with Crippen LogP contribution in [-0.4, -0.2) is 16.3 Å². The van der Waals surface area contributed by atoms with E-state index >= 15 is 0 Å². The maximum Gasteiger partial charge on any atom is 0.0641 e. The summed E-state index contributed by atoms with van der Waals surface area (Å²) in [6.45, 7) is 9.84. The Kier molecular flexibility index (Phi) is 4.56. The average Bonchev–Trinajstić information content (AvgIpc) is 2.44. The van der Waals surface area contributed by atoms with Gasteiger partial charge in [0, 0.05) is 24.8 Å². The highest BCUT2D eigenvalue weighted by molar-refractivity contribution is 5.23. The molecule has 1 rings (SSSR count). The molecule has 3 nitrogen and oxygen atoms in total. The van der Waals surface area contributed by atoms with Gasteiger partial charge >= 0.3 is 0 Å². The molecule has 0 radical (unpaired) electrons. The number of aryl methyl sites for hydroxylation is 2. The van der Waals surface area contributed by atoms with Crippen molar-refractivity contribution in [3.63, 3.8) is 0 Å². The standard InChI is InChI=1S/C12H21N3/c1-5-6-7-8-13-9-12-10(2)14-15(4)11(12)3/h5,13H,1,6-9H2,2-4H3. The fourth-order valence-corrected chi connectivity index (χ4v) is 1.66. The van der Waals surface area contributed by atoms with Crippen molar-refractivity contribution >= 4 is 0 Å². The number of nitrogens with zero attached hydrogens (tertiary/aromatic N) is 2. The van der Waals surface area contributed by atoms with Crippen LogP contribution in [0.25, 0.3) is 0 Å². The molecule has 3 heteroatoms. The first kappa shape index (κ1) is 12.0. The van der Waals surface area contributed by atoms with Crippen molar-refractivity contribution in [1.29, 1.82) is 0 Å². The van der Waals surface area contributed by atoms with Crippen molar-refractivity contribution in [1.82, 2.24) is 15.1 Å². The van der Waals surface area contributed by atoms with Crippen molar-refractivity contribution in [2.75, 3.05) is 6.54 Å². The summed E-state index contributed by atoms with van der Waals surface area (Å²) in [4.78, 5) is 0. The molecule has 0 amide bonds. The fraction of sp³-hybridized carbons (Fsp3) is 0.583. The van der Waals surface area contributed by atoms with E-state index in [9.17, 15) is 0 Å². The molecule has 1 aromatic rings. The smallest absolute Gasteiger partial charge is 0.0641 e. The van der Waals surface area contributed by atoms with E-state index in [1.807, 2.05) is 17.8 Å². The van der Waals surface area contributed by atoms with Crippen molar-refractivity contribution in [2.45, 2.75) is 33.2 Å². The third kappa shape index (κ3) is 3.20. The Hall–Kier alpha value is -1.09. The number of rotatable bonds is 6. The quantitative estimate of drug-likeness (QED) is 0.572. The topological polar surface area (TPSA) is 29.9 Å². The van der Waals surface area contributed by atoms with E-state index in [4.69, 9.17) is 0 Å². The van der Waals surface area contributed by atoms with Crippen LogP contribution in [0.2, 0.25) is 0 Å². The normalized spacial score (nSPS) is 10.6. The van der Waals surface area contributed by atoms with Gasteiger partial charge in [-0.2, -0.15) is 5.10 Å². The van der Waals surface area contributed by atoms with Crippen LogP contribution < -0.4 is 5.32 Å². The molecule has 0 saturated carbocycles. The predicted molar refractivity (Wildman–Crippen MR) is 63.8 cm³/mol. The van der Waals surface area contributed by atoms with Gasteiger partial charge in [0.1, 0.15) is 0 Å². The second kappa shape index (κ2) is 5.71. The zero-order valence-electron chi connectivity index (χ0n) is 10.0. The number of hydrogen-bond donors (Lipinski definition) is 1. The zero-order valence-corrected chi connectivity index (χ0v) is 10.0. The Morgan fingerprint density at radius 1 is 1.47 bits per heavy atom. The number of unbranched alkanes of at least 4 members (excludes halogenated alkanes) is 1. The summed E-state index contributed by atoms with van der Waals surface area (Å²) in [6.07, 6.45) is 4.20. The van der Waals surface area contributed by atoms with E-state index < -0.39 is 0 Å². The van der Waals surface area contributed by atoms with Crippen LogP contribution in [-0.2, 0) is 13.6 Å². The van der Waals surface area contributed by atoms with E-state index in [1.165, 1.54) is 11.3 Å². The molecule has 0 fully saturated rings. The minimum Gasteiger partial charge on any atom is -0.313 e. The first-order valence-corrected chi connectivity index (χ1v) is 5.47. The Morgan fingerprint density at radius 3 is 2.73 bits per heavy atom. The molecule has 0 aliphatic heterocycles. The minimum absolute atomic E-state index is 0.919. The fourth-order valence-electron chi connectivity index (χ4n) is 1.66. The number of hydrogen-bond acceptors (Lipinski definition) is 2. The highest BCUT2D eigenvalue weighted by Crippen LogP contribution is 2.10. The summed E-state index contributed by atoms with van der Waals surface area (Å²) in [5.41, 5.74) is 3.71. The van der Waals surface area contributed by atoms with Crippen molar-refractivity contribution < 1.29 is 0 Å². The minimum atomic E-state index is 0.919. The third-order valence-electron chi connectivity index (χ3n) is 2.72. The van der Waals surface area contributed by atoms with Gasteiger partial charge in [0.05, 0.1) is 5.69 Å². The Morgan fingerprint density at radius 2 is 2.20 bits per heavy atom.